The van der Waals surface area contributed by atoms with Crippen molar-refractivity contribution in [1.29, 1.82) is 0 Å². The summed E-state index contributed by atoms with van der Waals surface area (Å²) in [5.74, 6) is 0.722. The molecule has 2 aromatic rings. The molecule has 5 heteroatoms. The number of nitrogens with one attached hydrogen (secondary N) is 1. The highest BCUT2D eigenvalue weighted by molar-refractivity contribution is 5.80. The zero-order valence-electron chi connectivity index (χ0n) is 13.8. The van der Waals surface area contributed by atoms with Gasteiger partial charge in [-0.15, -0.1) is 0 Å². The second-order valence-corrected chi connectivity index (χ2v) is 5.54. The minimum Gasteiger partial charge on any atom is -0.364 e. The highest BCUT2D eigenvalue weighted by atomic mass is 16.5. The molecule has 0 saturated carbocycles. The van der Waals surface area contributed by atoms with Gasteiger partial charge in [0.05, 0.1) is 6.61 Å². The standard InChI is InChI=1S/C18H23N3O2/c1-14(23-13-15-8-5-4-6-9-15)18(22)20-12-16-10-7-11-19-17(16)21(2)3/h4-11,14H,12-13H2,1-3H3,(H,20,22)/t14-/m1/s1. The van der Waals surface area contributed by atoms with E-state index in [1.807, 2.05) is 61.5 Å². The number of hydrogen-bond donors (Lipinski definition) is 1. The molecule has 0 aliphatic rings. The number of amides is 1. The Morgan fingerprint density at radius 3 is 2.65 bits per heavy atom. The molecule has 0 spiro atoms. The second-order valence-electron chi connectivity index (χ2n) is 5.54. The molecular formula is C18H23N3O2. The van der Waals surface area contributed by atoms with Gasteiger partial charge in [0, 0.05) is 32.4 Å². The number of pyridine rings is 1. The SMILES string of the molecule is C[C@@H](OCc1ccccc1)C(=O)NCc1cccnc1N(C)C. The normalized spacial score (nSPS) is 11.8. The largest absolute Gasteiger partial charge is 0.364 e. The summed E-state index contributed by atoms with van der Waals surface area (Å²) in [7, 11) is 3.86. The molecule has 0 radical (unpaired) electrons. The molecule has 23 heavy (non-hydrogen) atoms. The van der Waals surface area contributed by atoms with Crippen molar-refractivity contribution in [3.63, 3.8) is 0 Å². The number of anilines is 1. The van der Waals surface area contributed by atoms with E-state index in [4.69, 9.17) is 4.74 Å². The molecule has 0 saturated heterocycles. The zero-order valence-corrected chi connectivity index (χ0v) is 13.8. The first-order valence-electron chi connectivity index (χ1n) is 7.62. The van der Waals surface area contributed by atoms with Crippen molar-refractivity contribution in [2.24, 2.45) is 0 Å². The van der Waals surface area contributed by atoms with Crippen LogP contribution in [-0.2, 0) is 22.7 Å². The fourth-order valence-corrected chi connectivity index (χ4v) is 2.17. The Labute approximate surface area is 137 Å². The van der Waals surface area contributed by atoms with Crippen LogP contribution in [0, 0.1) is 0 Å². The maximum absolute atomic E-state index is 12.1. The quantitative estimate of drug-likeness (QED) is 0.852. The van der Waals surface area contributed by atoms with Crippen LogP contribution in [0.4, 0.5) is 5.82 Å². The van der Waals surface area contributed by atoms with Gasteiger partial charge in [0.2, 0.25) is 5.91 Å². The number of carbonyl (C=O) groups is 1. The number of ether oxygens (including phenoxy) is 1. The summed E-state index contributed by atoms with van der Waals surface area (Å²) < 4.78 is 5.62. The molecule has 1 atom stereocenters. The average molecular weight is 313 g/mol. The molecule has 5 nitrogen and oxygen atoms in total. The lowest BCUT2D eigenvalue weighted by Gasteiger charge is -2.17. The van der Waals surface area contributed by atoms with E-state index < -0.39 is 6.10 Å². The molecule has 1 amide bonds. The molecule has 1 aromatic heterocycles. The van der Waals surface area contributed by atoms with Gasteiger partial charge in [0.25, 0.3) is 0 Å². The molecule has 2 rings (SSSR count). The fourth-order valence-electron chi connectivity index (χ4n) is 2.17. The van der Waals surface area contributed by atoms with E-state index in [0.717, 1.165) is 16.9 Å². The van der Waals surface area contributed by atoms with Gasteiger partial charge in [-0.1, -0.05) is 36.4 Å². The second kappa shape index (κ2) is 8.29. The lowest BCUT2D eigenvalue weighted by Crippen LogP contribution is -2.34. The highest BCUT2D eigenvalue weighted by Crippen LogP contribution is 2.14. The Bertz CT molecular complexity index is 629. The predicted molar refractivity (Wildman–Crippen MR) is 91.1 cm³/mol. The first kappa shape index (κ1) is 17.0. The van der Waals surface area contributed by atoms with Gasteiger partial charge in [-0.3, -0.25) is 4.79 Å². The topological polar surface area (TPSA) is 54.5 Å². The fraction of sp³-hybridized carbons (Fsp3) is 0.333. The van der Waals surface area contributed by atoms with Crippen LogP contribution in [0.25, 0.3) is 0 Å². The molecule has 0 aliphatic carbocycles. The molecule has 0 bridgehead atoms. The van der Waals surface area contributed by atoms with Crippen molar-refractivity contribution in [2.75, 3.05) is 19.0 Å². The van der Waals surface area contributed by atoms with Crippen LogP contribution in [-0.4, -0.2) is 31.1 Å². The summed E-state index contributed by atoms with van der Waals surface area (Å²) in [6.45, 7) is 2.61. The number of nitrogens with zero attached hydrogens (tertiary/aromatic N) is 2. The molecule has 122 valence electrons. The van der Waals surface area contributed by atoms with Gasteiger partial charge < -0.3 is 15.0 Å². The maximum atomic E-state index is 12.1. The van der Waals surface area contributed by atoms with Crippen LogP contribution in [0.3, 0.4) is 0 Å². The summed E-state index contributed by atoms with van der Waals surface area (Å²) >= 11 is 0. The van der Waals surface area contributed by atoms with E-state index in [1.165, 1.54) is 0 Å². The molecule has 0 aliphatic heterocycles. The Balaban J connectivity index is 1.85. The average Bonchev–Trinajstić information content (AvgIpc) is 2.58. The number of rotatable bonds is 7. The summed E-state index contributed by atoms with van der Waals surface area (Å²) in [6, 6.07) is 13.6. The van der Waals surface area contributed by atoms with Crippen molar-refractivity contribution in [3.8, 4) is 0 Å². The van der Waals surface area contributed by atoms with E-state index in [1.54, 1.807) is 13.1 Å². The number of benzene rings is 1. The Kier molecular flexibility index (Phi) is 6.11. The maximum Gasteiger partial charge on any atom is 0.249 e. The smallest absolute Gasteiger partial charge is 0.249 e. The summed E-state index contributed by atoms with van der Waals surface area (Å²) in [6.07, 6.45) is 1.24. The van der Waals surface area contributed by atoms with Gasteiger partial charge in [-0.25, -0.2) is 4.98 Å². The zero-order chi connectivity index (χ0) is 16.7. The predicted octanol–water partition coefficient (Wildman–Crippen LogP) is 2.37. The van der Waals surface area contributed by atoms with Crippen LogP contribution >= 0.6 is 0 Å². The Morgan fingerprint density at radius 2 is 1.96 bits per heavy atom. The van der Waals surface area contributed by atoms with Crippen LogP contribution in [0.2, 0.25) is 0 Å². The number of carbonyl (C=O) groups excluding carboxylic acids is 1. The Hall–Kier alpha value is -2.40. The van der Waals surface area contributed by atoms with E-state index >= 15 is 0 Å². The van der Waals surface area contributed by atoms with Gasteiger partial charge in [-0.2, -0.15) is 0 Å². The molecule has 1 aromatic carbocycles. The number of hydrogen-bond acceptors (Lipinski definition) is 4. The lowest BCUT2D eigenvalue weighted by atomic mass is 10.2. The van der Waals surface area contributed by atoms with Crippen molar-refractivity contribution in [2.45, 2.75) is 26.2 Å². The highest BCUT2D eigenvalue weighted by Gasteiger charge is 2.14. The van der Waals surface area contributed by atoms with E-state index in [9.17, 15) is 4.79 Å². The third kappa shape index (κ3) is 5.07. The molecular weight excluding hydrogens is 290 g/mol. The first-order valence-corrected chi connectivity index (χ1v) is 7.62. The third-order valence-electron chi connectivity index (χ3n) is 3.46. The lowest BCUT2D eigenvalue weighted by molar-refractivity contribution is -0.132. The van der Waals surface area contributed by atoms with E-state index in [0.29, 0.717) is 13.2 Å². The van der Waals surface area contributed by atoms with E-state index in [2.05, 4.69) is 10.3 Å². The van der Waals surface area contributed by atoms with Crippen LogP contribution < -0.4 is 10.2 Å². The molecule has 1 heterocycles. The Morgan fingerprint density at radius 1 is 1.22 bits per heavy atom. The molecule has 0 fully saturated rings. The van der Waals surface area contributed by atoms with Crippen LogP contribution in [0.5, 0.6) is 0 Å². The van der Waals surface area contributed by atoms with Gasteiger partial charge in [0.15, 0.2) is 0 Å². The third-order valence-corrected chi connectivity index (χ3v) is 3.46. The van der Waals surface area contributed by atoms with Gasteiger partial charge in [-0.05, 0) is 18.6 Å². The van der Waals surface area contributed by atoms with Crippen molar-refractivity contribution in [1.82, 2.24) is 10.3 Å². The first-order chi connectivity index (χ1) is 11.1. The van der Waals surface area contributed by atoms with Crippen molar-refractivity contribution < 1.29 is 9.53 Å². The summed E-state index contributed by atoms with van der Waals surface area (Å²) in [4.78, 5) is 18.4. The summed E-state index contributed by atoms with van der Waals surface area (Å²) in [5.41, 5.74) is 2.02. The van der Waals surface area contributed by atoms with Gasteiger partial charge in [0.1, 0.15) is 11.9 Å². The monoisotopic (exact) mass is 313 g/mol. The summed E-state index contributed by atoms with van der Waals surface area (Å²) in [5, 5.41) is 2.90. The van der Waals surface area contributed by atoms with Gasteiger partial charge >= 0.3 is 0 Å². The van der Waals surface area contributed by atoms with Crippen molar-refractivity contribution >= 4 is 11.7 Å². The van der Waals surface area contributed by atoms with E-state index in [-0.39, 0.29) is 5.91 Å². The van der Waals surface area contributed by atoms with Crippen LogP contribution in [0.1, 0.15) is 18.1 Å². The molecule has 0 unspecified atom stereocenters. The molecule has 1 N–H and O–H groups in total. The van der Waals surface area contributed by atoms with Crippen LogP contribution in [0.15, 0.2) is 48.7 Å². The minimum atomic E-state index is -0.505. The minimum absolute atomic E-state index is 0.130. The van der Waals surface area contributed by atoms with Crippen molar-refractivity contribution in [3.05, 3.63) is 59.8 Å². The number of aromatic nitrogens is 1.